The molecule has 1 fully saturated rings. The zero-order valence-corrected chi connectivity index (χ0v) is 17.0. The second-order valence-electron chi connectivity index (χ2n) is 6.86. The number of carbonyl (C=O) groups is 3. The van der Waals surface area contributed by atoms with Crippen molar-refractivity contribution >= 4 is 27.6 Å². The number of benzene rings is 1. The molecule has 0 bridgehead atoms. The van der Waals surface area contributed by atoms with Crippen molar-refractivity contribution < 1.29 is 27.5 Å². The standard InChI is InChI=1S/C19H26N2O6S/c1-3-8-21(16-7-9-28(25,26)13-16)17(22)12-27-18(23)11-20-19(24)15-6-4-5-14(2)10-15/h4-6,10,16H,3,7-9,11-13H2,1-2H3,(H,20,24)/t16-/m1/s1. The van der Waals surface area contributed by atoms with Crippen LogP contribution in [0.3, 0.4) is 0 Å². The second-order valence-corrected chi connectivity index (χ2v) is 9.09. The van der Waals surface area contributed by atoms with E-state index in [4.69, 9.17) is 4.74 Å². The van der Waals surface area contributed by atoms with Gasteiger partial charge in [-0.2, -0.15) is 0 Å². The Morgan fingerprint density at radius 1 is 1.29 bits per heavy atom. The molecule has 0 saturated carbocycles. The lowest BCUT2D eigenvalue weighted by Crippen LogP contribution is -2.44. The first kappa shape index (κ1) is 21.9. The Hall–Kier alpha value is -2.42. The number of esters is 1. The average molecular weight is 410 g/mol. The van der Waals surface area contributed by atoms with Crippen LogP contribution in [0.5, 0.6) is 0 Å². The van der Waals surface area contributed by atoms with E-state index in [9.17, 15) is 22.8 Å². The molecule has 2 rings (SSSR count). The van der Waals surface area contributed by atoms with Gasteiger partial charge in [0.25, 0.3) is 11.8 Å². The number of hydrogen-bond acceptors (Lipinski definition) is 6. The van der Waals surface area contributed by atoms with Crippen LogP contribution in [0.1, 0.15) is 35.7 Å². The number of rotatable bonds is 8. The highest BCUT2D eigenvalue weighted by atomic mass is 32.2. The van der Waals surface area contributed by atoms with Crippen LogP contribution >= 0.6 is 0 Å². The van der Waals surface area contributed by atoms with E-state index in [1.807, 2.05) is 19.9 Å². The van der Waals surface area contributed by atoms with Crippen LogP contribution in [0.15, 0.2) is 24.3 Å². The number of sulfone groups is 1. The molecule has 0 aromatic heterocycles. The fourth-order valence-corrected chi connectivity index (χ4v) is 4.82. The highest BCUT2D eigenvalue weighted by molar-refractivity contribution is 7.91. The molecule has 8 nitrogen and oxygen atoms in total. The Kier molecular flexibility index (Phi) is 7.56. The molecule has 0 spiro atoms. The third kappa shape index (κ3) is 6.33. The van der Waals surface area contributed by atoms with Gasteiger partial charge >= 0.3 is 5.97 Å². The van der Waals surface area contributed by atoms with Crippen molar-refractivity contribution in [2.75, 3.05) is 31.2 Å². The molecule has 1 N–H and O–H groups in total. The SMILES string of the molecule is CCCN(C(=O)COC(=O)CNC(=O)c1cccc(C)c1)[C@@H]1CCS(=O)(=O)C1. The lowest BCUT2D eigenvalue weighted by molar-refractivity contribution is -0.152. The summed E-state index contributed by atoms with van der Waals surface area (Å²) in [6, 6.07) is 6.55. The summed E-state index contributed by atoms with van der Waals surface area (Å²) in [4.78, 5) is 37.7. The second kappa shape index (κ2) is 9.68. The smallest absolute Gasteiger partial charge is 0.325 e. The normalized spacial score (nSPS) is 17.7. The predicted octanol–water partition coefficient (Wildman–Crippen LogP) is 0.694. The molecule has 1 heterocycles. The number of nitrogens with zero attached hydrogens (tertiary/aromatic N) is 1. The van der Waals surface area contributed by atoms with Gasteiger partial charge < -0.3 is 15.0 Å². The molecule has 1 aliphatic heterocycles. The average Bonchev–Trinajstić information content (AvgIpc) is 3.01. The van der Waals surface area contributed by atoms with Crippen LogP contribution in [0.25, 0.3) is 0 Å². The van der Waals surface area contributed by atoms with Crippen LogP contribution in [0, 0.1) is 6.92 Å². The number of carbonyl (C=O) groups excluding carboxylic acids is 3. The highest BCUT2D eigenvalue weighted by Crippen LogP contribution is 2.18. The molecular weight excluding hydrogens is 384 g/mol. The van der Waals surface area contributed by atoms with E-state index in [-0.39, 0.29) is 24.1 Å². The van der Waals surface area contributed by atoms with E-state index in [1.54, 1.807) is 18.2 Å². The molecular formula is C19H26N2O6S. The summed E-state index contributed by atoms with van der Waals surface area (Å²) in [5.74, 6) is -1.56. The van der Waals surface area contributed by atoms with Crippen LogP contribution in [-0.2, 0) is 24.2 Å². The summed E-state index contributed by atoms with van der Waals surface area (Å²) in [5.41, 5.74) is 1.35. The fourth-order valence-electron chi connectivity index (χ4n) is 3.09. The van der Waals surface area contributed by atoms with Gasteiger partial charge in [-0.25, -0.2) is 8.42 Å². The van der Waals surface area contributed by atoms with Crippen molar-refractivity contribution in [2.45, 2.75) is 32.7 Å². The van der Waals surface area contributed by atoms with Gasteiger partial charge in [0.15, 0.2) is 16.4 Å². The van der Waals surface area contributed by atoms with E-state index in [1.165, 1.54) is 4.90 Å². The third-order valence-electron chi connectivity index (χ3n) is 4.46. The van der Waals surface area contributed by atoms with Crippen LogP contribution in [0.4, 0.5) is 0 Å². The Bertz CT molecular complexity index is 837. The topological polar surface area (TPSA) is 110 Å². The lowest BCUT2D eigenvalue weighted by Gasteiger charge is -2.27. The largest absolute Gasteiger partial charge is 0.454 e. The van der Waals surface area contributed by atoms with Crippen molar-refractivity contribution in [1.82, 2.24) is 10.2 Å². The minimum atomic E-state index is -3.12. The zero-order chi connectivity index (χ0) is 20.7. The number of amides is 2. The first-order chi connectivity index (χ1) is 13.2. The van der Waals surface area contributed by atoms with Crippen molar-refractivity contribution in [3.63, 3.8) is 0 Å². The monoisotopic (exact) mass is 410 g/mol. The maximum absolute atomic E-state index is 12.4. The zero-order valence-electron chi connectivity index (χ0n) is 16.1. The van der Waals surface area contributed by atoms with Gasteiger partial charge in [-0.3, -0.25) is 14.4 Å². The maximum Gasteiger partial charge on any atom is 0.325 e. The van der Waals surface area contributed by atoms with Crippen molar-refractivity contribution in [3.05, 3.63) is 35.4 Å². The van der Waals surface area contributed by atoms with Crippen LogP contribution in [-0.4, -0.2) is 68.3 Å². The van der Waals surface area contributed by atoms with Gasteiger partial charge in [0, 0.05) is 18.2 Å². The van der Waals surface area contributed by atoms with E-state index < -0.39 is 34.2 Å². The first-order valence-corrected chi connectivity index (χ1v) is 11.0. The molecule has 0 unspecified atom stereocenters. The molecule has 1 aromatic carbocycles. The minimum absolute atomic E-state index is 0.0563. The van der Waals surface area contributed by atoms with Gasteiger partial charge in [-0.1, -0.05) is 24.6 Å². The molecule has 28 heavy (non-hydrogen) atoms. The molecule has 0 aliphatic carbocycles. The van der Waals surface area contributed by atoms with Crippen LogP contribution < -0.4 is 5.32 Å². The number of ether oxygens (including phenoxy) is 1. The highest BCUT2D eigenvalue weighted by Gasteiger charge is 2.34. The number of nitrogens with one attached hydrogen (secondary N) is 1. The van der Waals surface area contributed by atoms with Crippen molar-refractivity contribution in [1.29, 1.82) is 0 Å². The molecule has 9 heteroatoms. The van der Waals surface area contributed by atoms with E-state index >= 15 is 0 Å². The Morgan fingerprint density at radius 3 is 2.64 bits per heavy atom. The van der Waals surface area contributed by atoms with Crippen molar-refractivity contribution in [2.24, 2.45) is 0 Å². The molecule has 1 atom stereocenters. The maximum atomic E-state index is 12.4. The van der Waals surface area contributed by atoms with Gasteiger partial charge in [0.05, 0.1) is 11.5 Å². The summed E-state index contributed by atoms with van der Waals surface area (Å²) >= 11 is 0. The molecule has 2 amide bonds. The summed E-state index contributed by atoms with van der Waals surface area (Å²) in [6.45, 7) is 3.31. The van der Waals surface area contributed by atoms with Gasteiger partial charge in [0.1, 0.15) is 6.54 Å². The van der Waals surface area contributed by atoms with Gasteiger partial charge in [0.2, 0.25) is 0 Å². The third-order valence-corrected chi connectivity index (χ3v) is 6.21. The fraction of sp³-hybridized carbons (Fsp3) is 0.526. The van der Waals surface area contributed by atoms with Crippen molar-refractivity contribution in [3.8, 4) is 0 Å². The Labute approximate surface area is 165 Å². The summed E-state index contributed by atoms with van der Waals surface area (Å²) < 4.78 is 28.3. The number of aryl methyl sites for hydroxylation is 1. The molecule has 1 saturated heterocycles. The number of hydrogen-bond donors (Lipinski definition) is 1. The van der Waals surface area contributed by atoms with Gasteiger partial charge in [-0.15, -0.1) is 0 Å². The molecule has 0 radical (unpaired) electrons. The Morgan fingerprint density at radius 2 is 2.04 bits per heavy atom. The summed E-state index contributed by atoms with van der Waals surface area (Å²) in [7, 11) is -3.12. The summed E-state index contributed by atoms with van der Waals surface area (Å²) in [5, 5.41) is 2.45. The quantitative estimate of drug-likeness (QED) is 0.632. The summed E-state index contributed by atoms with van der Waals surface area (Å²) in [6.07, 6.45) is 1.07. The van der Waals surface area contributed by atoms with E-state index in [2.05, 4.69) is 5.32 Å². The molecule has 1 aromatic rings. The molecule has 154 valence electrons. The molecule has 1 aliphatic rings. The lowest BCUT2D eigenvalue weighted by atomic mass is 10.1. The van der Waals surface area contributed by atoms with Gasteiger partial charge in [-0.05, 0) is 31.9 Å². The van der Waals surface area contributed by atoms with E-state index in [0.29, 0.717) is 24.9 Å². The van der Waals surface area contributed by atoms with Crippen LogP contribution in [0.2, 0.25) is 0 Å². The minimum Gasteiger partial charge on any atom is -0.454 e. The first-order valence-electron chi connectivity index (χ1n) is 9.22. The van der Waals surface area contributed by atoms with E-state index in [0.717, 1.165) is 5.56 Å². The Balaban J connectivity index is 1.81. The predicted molar refractivity (Wildman–Crippen MR) is 104 cm³/mol.